The Bertz CT molecular complexity index is 444. The summed E-state index contributed by atoms with van der Waals surface area (Å²) in [6.45, 7) is 17.3. The average Bonchev–Trinajstić information content (AvgIpc) is 2.47. The maximum atomic E-state index is 4.75. The molecule has 0 fully saturated rings. The standard InChI is InChI=1S/C17H28N4/c1-6-9-18-12-15-16(21(10-7-2)11-8-3)13-19-17(20-15)14(4)5/h7-8,13-14,18H,2-3,6,9-12H2,1,4-5H3. The van der Waals surface area contributed by atoms with Crippen molar-refractivity contribution >= 4 is 5.69 Å². The van der Waals surface area contributed by atoms with Crippen molar-refractivity contribution in [3.8, 4) is 0 Å². The summed E-state index contributed by atoms with van der Waals surface area (Å²) >= 11 is 0. The molecule has 4 nitrogen and oxygen atoms in total. The second-order valence-electron chi connectivity index (χ2n) is 5.37. The molecule has 0 aromatic carbocycles. The van der Waals surface area contributed by atoms with Crippen LogP contribution in [0.25, 0.3) is 0 Å². The molecule has 0 aliphatic carbocycles. The number of nitrogens with one attached hydrogen (secondary N) is 1. The minimum Gasteiger partial charge on any atom is -0.361 e. The van der Waals surface area contributed by atoms with E-state index >= 15 is 0 Å². The second-order valence-corrected chi connectivity index (χ2v) is 5.37. The topological polar surface area (TPSA) is 41.1 Å². The highest BCUT2D eigenvalue weighted by Crippen LogP contribution is 2.20. The highest BCUT2D eigenvalue weighted by Gasteiger charge is 2.13. The number of hydrogen-bond donors (Lipinski definition) is 1. The number of hydrogen-bond acceptors (Lipinski definition) is 4. The molecule has 1 aromatic rings. The van der Waals surface area contributed by atoms with Crippen LogP contribution in [0.3, 0.4) is 0 Å². The molecule has 1 rings (SSSR count). The summed E-state index contributed by atoms with van der Waals surface area (Å²) in [5.41, 5.74) is 2.11. The van der Waals surface area contributed by atoms with Crippen molar-refractivity contribution in [3.63, 3.8) is 0 Å². The zero-order chi connectivity index (χ0) is 15.7. The average molecular weight is 288 g/mol. The highest BCUT2D eigenvalue weighted by atomic mass is 15.1. The molecule has 0 aliphatic rings. The summed E-state index contributed by atoms with van der Waals surface area (Å²) in [4.78, 5) is 11.4. The summed E-state index contributed by atoms with van der Waals surface area (Å²) in [6, 6.07) is 0. The smallest absolute Gasteiger partial charge is 0.131 e. The van der Waals surface area contributed by atoms with Gasteiger partial charge in [-0.3, -0.25) is 0 Å². The molecule has 0 bridgehead atoms. The van der Waals surface area contributed by atoms with Crippen LogP contribution in [0.2, 0.25) is 0 Å². The third-order valence-corrected chi connectivity index (χ3v) is 3.14. The van der Waals surface area contributed by atoms with E-state index in [1.165, 1.54) is 0 Å². The Morgan fingerprint density at radius 1 is 1.29 bits per heavy atom. The Labute approximate surface area is 129 Å². The van der Waals surface area contributed by atoms with E-state index in [9.17, 15) is 0 Å². The fourth-order valence-electron chi connectivity index (χ4n) is 2.07. The van der Waals surface area contributed by atoms with Gasteiger partial charge in [0.1, 0.15) is 5.82 Å². The molecule has 0 saturated heterocycles. The largest absolute Gasteiger partial charge is 0.361 e. The predicted molar refractivity (Wildman–Crippen MR) is 90.7 cm³/mol. The van der Waals surface area contributed by atoms with Crippen LogP contribution in [0.4, 0.5) is 5.69 Å². The Balaban J connectivity index is 3.07. The third-order valence-electron chi connectivity index (χ3n) is 3.14. The van der Waals surface area contributed by atoms with Crippen LogP contribution in [-0.2, 0) is 6.54 Å². The SMILES string of the molecule is C=CCN(CC=C)c1cnc(C(C)C)nc1CNCCC. The van der Waals surface area contributed by atoms with Crippen LogP contribution in [0.1, 0.15) is 44.6 Å². The molecule has 1 aromatic heterocycles. The second kappa shape index (κ2) is 9.29. The van der Waals surface area contributed by atoms with Crippen molar-refractivity contribution < 1.29 is 0 Å². The van der Waals surface area contributed by atoms with Crippen molar-refractivity contribution in [1.82, 2.24) is 15.3 Å². The van der Waals surface area contributed by atoms with E-state index in [2.05, 4.69) is 49.1 Å². The van der Waals surface area contributed by atoms with E-state index < -0.39 is 0 Å². The Morgan fingerprint density at radius 2 is 1.95 bits per heavy atom. The van der Waals surface area contributed by atoms with Crippen LogP contribution in [0.5, 0.6) is 0 Å². The molecule has 21 heavy (non-hydrogen) atoms. The van der Waals surface area contributed by atoms with Crippen LogP contribution in [-0.4, -0.2) is 29.6 Å². The summed E-state index contributed by atoms with van der Waals surface area (Å²) in [5.74, 6) is 1.22. The van der Waals surface area contributed by atoms with Gasteiger partial charge in [0.25, 0.3) is 0 Å². The van der Waals surface area contributed by atoms with Gasteiger partial charge in [-0.1, -0.05) is 32.9 Å². The fourth-order valence-corrected chi connectivity index (χ4v) is 2.07. The van der Waals surface area contributed by atoms with Crippen LogP contribution in [0, 0.1) is 0 Å². The Hall–Kier alpha value is -1.68. The molecule has 0 unspecified atom stereocenters. The van der Waals surface area contributed by atoms with Crippen LogP contribution < -0.4 is 10.2 Å². The van der Waals surface area contributed by atoms with Gasteiger partial charge < -0.3 is 10.2 Å². The summed E-state index contributed by atoms with van der Waals surface area (Å²) in [7, 11) is 0. The molecular formula is C17H28N4. The molecule has 0 atom stereocenters. The first-order valence-electron chi connectivity index (χ1n) is 7.67. The summed E-state index contributed by atoms with van der Waals surface area (Å²) in [5, 5.41) is 3.43. The maximum Gasteiger partial charge on any atom is 0.131 e. The zero-order valence-corrected chi connectivity index (χ0v) is 13.6. The lowest BCUT2D eigenvalue weighted by Crippen LogP contribution is -2.27. The molecule has 1 N–H and O–H groups in total. The van der Waals surface area contributed by atoms with Gasteiger partial charge in [0, 0.05) is 25.6 Å². The van der Waals surface area contributed by atoms with Crippen molar-refractivity contribution in [2.24, 2.45) is 0 Å². The van der Waals surface area contributed by atoms with E-state index in [0.29, 0.717) is 5.92 Å². The number of anilines is 1. The van der Waals surface area contributed by atoms with Crippen molar-refractivity contribution in [2.75, 3.05) is 24.5 Å². The molecule has 0 aliphatic heterocycles. The zero-order valence-electron chi connectivity index (χ0n) is 13.6. The van der Waals surface area contributed by atoms with Crippen molar-refractivity contribution in [1.29, 1.82) is 0 Å². The van der Waals surface area contributed by atoms with Crippen LogP contribution >= 0.6 is 0 Å². The number of rotatable bonds is 10. The lowest BCUT2D eigenvalue weighted by Gasteiger charge is -2.24. The van der Waals surface area contributed by atoms with E-state index in [0.717, 1.165) is 49.8 Å². The molecule has 0 spiro atoms. The van der Waals surface area contributed by atoms with E-state index in [-0.39, 0.29) is 0 Å². The quantitative estimate of drug-likeness (QED) is 0.530. The molecule has 0 radical (unpaired) electrons. The predicted octanol–water partition coefficient (Wildman–Crippen LogP) is 3.28. The van der Waals surface area contributed by atoms with Crippen molar-refractivity contribution in [2.45, 2.75) is 39.7 Å². The van der Waals surface area contributed by atoms with Gasteiger partial charge in [-0.15, -0.1) is 13.2 Å². The highest BCUT2D eigenvalue weighted by molar-refractivity contribution is 5.50. The van der Waals surface area contributed by atoms with Gasteiger partial charge in [0.05, 0.1) is 17.6 Å². The molecule has 116 valence electrons. The van der Waals surface area contributed by atoms with E-state index in [4.69, 9.17) is 4.98 Å². The number of nitrogens with zero attached hydrogens (tertiary/aromatic N) is 3. The van der Waals surface area contributed by atoms with Gasteiger partial charge in [-0.2, -0.15) is 0 Å². The first kappa shape index (κ1) is 17.4. The van der Waals surface area contributed by atoms with Gasteiger partial charge in [-0.25, -0.2) is 9.97 Å². The third kappa shape index (κ3) is 5.31. The summed E-state index contributed by atoms with van der Waals surface area (Å²) in [6.07, 6.45) is 6.82. The van der Waals surface area contributed by atoms with E-state index in [1.807, 2.05) is 18.3 Å². The van der Waals surface area contributed by atoms with Gasteiger partial charge >= 0.3 is 0 Å². The maximum absolute atomic E-state index is 4.75. The fraction of sp³-hybridized carbons (Fsp3) is 0.529. The summed E-state index contributed by atoms with van der Waals surface area (Å²) < 4.78 is 0. The lowest BCUT2D eigenvalue weighted by atomic mass is 10.2. The lowest BCUT2D eigenvalue weighted by molar-refractivity contribution is 0.650. The minimum absolute atomic E-state index is 0.330. The van der Waals surface area contributed by atoms with Gasteiger partial charge in [0.15, 0.2) is 0 Å². The molecule has 0 saturated carbocycles. The molecular weight excluding hydrogens is 260 g/mol. The molecule has 0 amide bonds. The molecule has 1 heterocycles. The van der Waals surface area contributed by atoms with E-state index in [1.54, 1.807) is 0 Å². The van der Waals surface area contributed by atoms with Gasteiger partial charge in [-0.05, 0) is 13.0 Å². The first-order valence-corrected chi connectivity index (χ1v) is 7.67. The Kier molecular flexibility index (Phi) is 7.69. The van der Waals surface area contributed by atoms with Gasteiger partial charge in [0.2, 0.25) is 0 Å². The minimum atomic E-state index is 0.330. The molecule has 4 heteroatoms. The normalized spacial score (nSPS) is 10.7. The number of aromatic nitrogens is 2. The van der Waals surface area contributed by atoms with Crippen LogP contribution in [0.15, 0.2) is 31.5 Å². The van der Waals surface area contributed by atoms with Crippen molar-refractivity contribution in [3.05, 3.63) is 43.0 Å². The Morgan fingerprint density at radius 3 is 2.48 bits per heavy atom. The first-order chi connectivity index (χ1) is 10.1. The monoisotopic (exact) mass is 288 g/mol.